The van der Waals surface area contributed by atoms with Gasteiger partial charge in [0.25, 0.3) is 0 Å². The molecule has 2 aliphatic carbocycles. The monoisotopic (exact) mass is 411 g/mol. The highest BCUT2D eigenvalue weighted by atomic mass is 16.5. The topological polar surface area (TPSA) is 31.4 Å². The molecule has 1 fully saturated rings. The molecular weight excluding hydrogens is 382 g/mol. The first-order chi connectivity index (χ1) is 15.1. The van der Waals surface area contributed by atoms with Gasteiger partial charge in [-0.2, -0.15) is 0 Å². The van der Waals surface area contributed by atoms with Crippen LogP contribution in [0.4, 0.5) is 0 Å². The van der Waals surface area contributed by atoms with Gasteiger partial charge in [0.15, 0.2) is 0 Å². The fraction of sp³-hybridized carbons (Fsp3) is 0.321. The van der Waals surface area contributed by atoms with Crippen molar-refractivity contribution in [1.82, 2.24) is 4.98 Å². The van der Waals surface area contributed by atoms with Gasteiger partial charge in [-0.15, -0.1) is 0 Å². The predicted octanol–water partition coefficient (Wildman–Crippen LogP) is 6.39. The first-order valence-electron chi connectivity index (χ1n) is 11.1. The van der Waals surface area contributed by atoms with Crippen molar-refractivity contribution in [3.63, 3.8) is 0 Å². The number of nitrogens with zero attached hydrogens (tertiary/aromatic N) is 1. The van der Waals surface area contributed by atoms with Gasteiger partial charge in [0.05, 0.1) is 14.2 Å². The molecule has 1 atom stereocenters. The van der Waals surface area contributed by atoms with Gasteiger partial charge in [-0.3, -0.25) is 4.98 Å². The van der Waals surface area contributed by atoms with Crippen molar-refractivity contribution in [3.8, 4) is 11.5 Å². The number of allylic oxidation sites excluding steroid dienone is 1. The third kappa shape index (κ3) is 2.98. The normalized spacial score (nSPS) is 19.7. The molecule has 3 aromatic rings. The lowest BCUT2D eigenvalue weighted by atomic mass is 9.64. The summed E-state index contributed by atoms with van der Waals surface area (Å²) in [5, 5.41) is 0. The Balaban J connectivity index is 1.82. The van der Waals surface area contributed by atoms with Gasteiger partial charge in [-0.1, -0.05) is 30.7 Å². The summed E-state index contributed by atoms with van der Waals surface area (Å²) in [6.45, 7) is 4.28. The van der Waals surface area contributed by atoms with Crippen molar-refractivity contribution in [3.05, 3.63) is 93.8 Å². The van der Waals surface area contributed by atoms with Crippen LogP contribution < -0.4 is 9.47 Å². The van der Waals surface area contributed by atoms with Gasteiger partial charge in [-0.05, 0) is 96.8 Å². The van der Waals surface area contributed by atoms with Crippen molar-refractivity contribution < 1.29 is 9.47 Å². The number of rotatable bonds is 4. The Bertz CT molecular complexity index is 1160. The van der Waals surface area contributed by atoms with Crippen LogP contribution in [-0.2, 0) is 5.41 Å². The maximum Gasteiger partial charge on any atom is 0.118 e. The Hall–Kier alpha value is -3.07. The molecule has 158 valence electrons. The third-order valence-electron chi connectivity index (χ3n) is 7.03. The average Bonchev–Trinajstić information content (AvgIpc) is 3.10. The van der Waals surface area contributed by atoms with Gasteiger partial charge in [-0.25, -0.2) is 0 Å². The molecule has 0 saturated heterocycles. The Morgan fingerprint density at radius 2 is 1.48 bits per heavy atom. The van der Waals surface area contributed by atoms with Crippen molar-refractivity contribution >= 4 is 5.57 Å². The smallest absolute Gasteiger partial charge is 0.118 e. The van der Waals surface area contributed by atoms with E-state index in [4.69, 9.17) is 14.5 Å². The number of methoxy groups -OCH3 is 2. The highest BCUT2D eigenvalue weighted by molar-refractivity contribution is 5.92. The van der Waals surface area contributed by atoms with E-state index in [1.165, 1.54) is 40.7 Å². The Morgan fingerprint density at radius 3 is 2.13 bits per heavy atom. The zero-order chi connectivity index (χ0) is 21.6. The van der Waals surface area contributed by atoms with Gasteiger partial charge in [0.1, 0.15) is 11.5 Å². The van der Waals surface area contributed by atoms with E-state index in [9.17, 15) is 0 Å². The van der Waals surface area contributed by atoms with E-state index in [0.29, 0.717) is 0 Å². The lowest BCUT2D eigenvalue weighted by Gasteiger charge is -2.39. The van der Waals surface area contributed by atoms with Gasteiger partial charge < -0.3 is 9.47 Å². The van der Waals surface area contributed by atoms with Gasteiger partial charge >= 0.3 is 0 Å². The van der Waals surface area contributed by atoms with Crippen molar-refractivity contribution in [2.75, 3.05) is 14.2 Å². The molecule has 1 saturated carbocycles. The maximum atomic E-state index is 5.45. The van der Waals surface area contributed by atoms with E-state index in [1.54, 1.807) is 19.8 Å². The van der Waals surface area contributed by atoms with Crippen LogP contribution in [0.1, 0.15) is 59.3 Å². The number of aromatic nitrogens is 1. The number of hydrogen-bond acceptors (Lipinski definition) is 3. The summed E-state index contributed by atoms with van der Waals surface area (Å²) in [6.07, 6.45) is 4.68. The van der Waals surface area contributed by atoms with E-state index in [-0.39, 0.29) is 5.41 Å². The molecule has 0 spiro atoms. The second kappa shape index (κ2) is 7.56. The largest absolute Gasteiger partial charge is 0.497 e. The first kappa shape index (κ1) is 19.9. The minimum Gasteiger partial charge on any atom is -0.497 e. The van der Waals surface area contributed by atoms with Crippen molar-refractivity contribution in [1.29, 1.82) is 0 Å². The zero-order valence-corrected chi connectivity index (χ0v) is 18.8. The molecule has 0 radical (unpaired) electrons. The molecule has 2 aromatic carbocycles. The fourth-order valence-corrected chi connectivity index (χ4v) is 5.82. The van der Waals surface area contributed by atoms with Crippen LogP contribution in [-0.4, -0.2) is 19.2 Å². The summed E-state index contributed by atoms with van der Waals surface area (Å²) >= 11 is 0. The maximum absolute atomic E-state index is 5.45. The number of pyridine rings is 1. The Labute approximate surface area is 184 Å². The molecule has 1 heterocycles. The fourth-order valence-electron chi connectivity index (χ4n) is 5.82. The summed E-state index contributed by atoms with van der Waals surface area (Å²) in [4.78, 5) is 4.92. The summed E-state index contributed by atoms with van der Waals surface area (Å²) in [5.74, 6) is 1.79. The SMILES string of the molecule is COc1ccc(C2=C3CCCCC3(c3ccc(OC)cc3)c3c2cc(C)nc3C)cc1. The number of hydrogen-bond donors (Lipinski definition) is 0. The third-order valence-corrected chi connectivity index (χ3v) is 7.03. The van der Waals surface area contributed by atoms with E-state index >= 15 is 0 Å². The Kier molecular flexibility index (Phi) is 4.85. The van der Waals surface area contributed by atoms with Crippen molar-refractivity contribution in [2.45, 2.75) is 44.9 Å². The van der Waals surface area contributed by atoms with Gasteiger partial charge in [0.2, 0.25) is 0 Å². The number of fused-ring (bicyclic) bond motifs is 3. The summed E-state index contributed by atoms with van der Waals surface area (Å²) in [5.41, 5.74) is 10.4. The van der Waals surface area contributed by atoms with E-state index < -0.39 is 0 Å². The van der Waals surface area contributed by atoms with Crippen LogP contribution in [0.3, 0.4) is 0 Å². The minimum atomic E-state index is -0.111. The zero-order valence-electron chi connectivity index (χ0n) is 18.8. The van der Waals surface area contributed by atoms with Crippen LogP contribution in [0.25, 0.3) is 5.57 Å². The number of ether oxygens (including phenoxy) is 2. The van der Waals surface area contributed by atoms with E-state index in [2.05, 4.69) is 68.4 Å². The molecule has 2 aliphatic rings. The lowest BCUT2D eigenvalue weighted by Crippen LogP contribution is -2.32. The highest BCUT2D eigenvalue weighted by Gasteiger charge is 2.48. The molecule has 3 nitrogen and oxygen atoms in total. The first-order valence-corrected chi connectivity index (χ1v) is 11.1. The molecule has 1 unspecified atom stereocenters. The van der Waals surface area contributed by atoms with E-state index in [1.807, 2.05) is 0 Å². The molecule has 5 rings (SSSR count). The quantitative estimate of drug-likeness (QED) is 0.498. The second-order valence-corrected chi connectivity index (χ2v) is 8.69. The van der Waals surface area contributed by atoms with Crippen LogP contribution >= 0.6 is 0 Å². The molecule has 0 aliphatic heterocycles. The second-order valence-electron chi connectivity index (χ2n) is 8.69. The average molecular weight is 412 g/mol. The molecule has 31 heavy (non-hydrogen) atoms. The van der Waals surface area contributed by atoms with E-state index in [0.717, 1.165) is 35.7 Å². The number of benzene rings is 2. The van der Waals surface area contributed by atoms with Gasteiger partial charge in [0, 0.05) is 16.8 Å². The summed E-state index contributed by atoms with van der Waals surface area (Å²) < 4.78 is 10.9. The minimum absolute atomic E-state index is 0.111. The molecule has 0 bridgehead atoms. The summed E-state index contributed by atoms with van der Waals surface area (Å²) in [6, 6.07) is 19.5. The highest BCUT2D eigenvalue weighted by Crippen LogP contribution is 2.59. The van der Waals surface area contributed by atoms with Crippen LogP contribution in [0, 0.1) is 13.8 Å². The molecule has 0 N–H and O–H groups in total. The summed E-state index contributed by atoms with van der Waals surface area (Å²) in [7, 11) is 3.44. The lowest BCUT2D eigenvalue weighted by molar-refractivity contribution is 0.413. The van der Waals surface area contributed by atoms with Crippen molar-refractivity contribution in [2.24, 2.45) is 0 Å². The van der Waals surface area contributed by atoms with Crippen LogP contribution in [0.5, 0.6) is 11.5 Å². The molecular formula is C28H29NO2. The predicted molar refractivity (Wildman–Crippen MR) is 125 cm³/mol. The number of aryl methyl sites for hydroxylation is 2. The molecule has 1 aromatic heterocycles. The standard InChI is InChI=1S/C28H29NO2/c1-18-17-24-26(20-8-12-22(30-3)13-9-20)25-7-5-6-16-28(25,27(24)19(2)29-18)21-10-14-23(31-4)15-11-21/h8-15,17H,5-7,16H2,1-4H3. The van der Waals surface area contributed by atoms with Crippen LogP contribution in [0.15, 0.2) is 60.2 Å². The molecule has 3 heteroatoms. The molecule has 0 amide bonds. The Morgan fingerprint density at radius 1 is 0.839 bits per heavy atom. The van der Waals surface area contributed by atoms with Crippen LogP contribution in [0.2, 0.25) is 0 Å².